The molecule has 1 fully saturated rings. The first-order valence-corrected chi connectivity index (χ1v) is 6.79. The van der Waals surface area contributed by atoms with E-state index in [0.717, 1.165) is 18.5 Å². The van der Waals surface area contributed by atoms with Crippen LogP contribution in [0.2, 0.25) is 0 Å². The molecule has 2 nitrogen and oxygen atoms in total. The van der Waals surface area contributed by atoms with Crippen molar-refractivity contribution < 1.29 is 4.79 Å². The molecular weight excluding hydrogens is 210 g/mol. The van der Waals surface area contributed by atoms with Crippen molar-refractivity contribution in [3.05, 3.63) is 30.1 Å². The predicted molar refractivity (Wildman–Crippen MR) is 68.8 cm³/mol. The standard InChI is InChI=1S/C15H21NO/c17-15(12-14-10-6-7-11-16-14)13-8-4-2-1-3-5-9-13/h6-7,10-11,13H,1-5,8-9,12H2. The average molecular weight is 231 g/mol. The van der Waals surface area contributed by atoms with Gasteiger partial charge in [0.2, 0.25) is 0 Å². The number of aromatic nitrogens is 1. The van der Waals surface area contributed by atoms with Crippen LogP contribution in [0, 0.1) is 5.92 Å². The molecule has 1 aliphatic rings. The molecule has 0 unspecified atom stereocenters. The van der Waals surface area contributed by atoms with E-state index >= 15 is 0 Å². The largest absolute Gasteiger partial charge is 0.299 e. The van der Waals surface area contributed by atoms with E-state index < -0.39 is 0 Å². The van der Waals surface area contributed by atoms with Gasteiger partial charge in [0.05, 0.1) is 0 Å². The van der Waals surface area contributed by atoms with Crippen molar-refractivity contribution in [2.75, 3.05) is 0 Å². The Bertz CT molecular complexity index is 339. The summed E-state index contributed by atoms with van der Waals surface area (Å²) < 4.78 is 0. The number of hydrogen-bond donors (Lipinski definition) is 0. The highest BCUT2D eigenvalue weighted by atomic mass is 16.1. The summed E-state index contributed by atoms with van der Waals surface area (Å²) in [6.07, 6.45) is 10.8. The Morgan fingerprint density at radius 1 is 1.12 bits per heavy atom. The lowest BCUT2D eigenvalue weighted by Gasteiger charge is -2.18. The van der Waals surface area contributed by atoms with E-state index in [1.165, 1.54) is 32.1 Å². The zero-order chi connectivity index (χ0) is 11.9. The second-order valence-electron chi connectivity index (χ2n) is 5.01. The van der Waals surface area contributed by atoms with Gasteiger partial charge in [-0.05, 0) is 25.0 Å². The van der Waals surface area contributed by atoms with Gasteiger partial charge in [0.15, 0.2) is 0 Å². The molecule has 0 spiro atoms. The lowest BCUT2D eigenvalue weighted by atomic mass is 9.86. The van der Waals surface area contributed by atoms with Crippen LogP contribution in [0.3, 0.4) is 0 Å². The fraction of sp³-hybridized carbons (Fsp3) is 0.600. The summed E-state index contributed by atoms with van der Waals surface area (Å²) in [5.41, 5.74) is 0.916. The average Bonchev–Trinajstić information content (AvgIpc) is 2.29. The number of carbonyl (C=O) groups excluding carboxylic acids is 1. The number of nitrogens with zero attached hydrogens (tertiary/aromatic N) is 1. The van der Waals surface area contributed by atoms with Crippen molar-refractivity contribution in [3.8, 4) is 0 Å². The van der Waals surface area contributed by atoms with Crippen molar-refractivity contribution >= 4 is 5.78 Å². The molecule has 1 saturated carbocycles. The van der Waals surface area contributed by atoms with E-state index in [9.17, 15) is 4.79 Å². The lowest BCUT2D eigenvalue weighted by Crippen LogP contribution is -2.18. The maximum atomic E-state index is 12.2. The first-order chi connectivity index (χ1) is 8.36. The van der Waals surface area contributed by atoms with Gasteiger partial charge in [-0.2, -0.15) is 0 Å². The molecule has 0 N–H and O–H groups in total. The Morgan fingerprint density at radius 3 is 2.47 bits per heavy atom. The monoisotopic (exact) mass is 231 g/mol. The molecule has 1 aromatic heterocycles. The van der Waals surface area contributed by atoms with Gasteiger partial charge in [-0.3, -0.25) is 9.78 Å². The molecule has 0 aliphatic heterocycles. The maximum Gasteiger partial charge on any atom is 0.141 e. The van der Waals surface area contributed by atoms with Crippen LogP contribution in [-0.2, 0) is 11.2 Å². The van der Waals surface area contributed by atoms with Crippen LogP contribution >= 0.6 is 0 Å². The summed E-state index contributed by atoms with van der Waals surface area (Å²) in [6, 6.07) is 5.79. The minimum Gasteiger partial charge on any atom is -0.299 e. The van der Waals surface area contributed by atoms with Crippen LogP contribution in [-0.4, -0.2) is 10.8 Å². The van der Waals surface area contributed by atoms with Gasteiger partial charge in [0.25, 0.3) is 0 Å². The summed E-state index contributed by atoms with van der Waals surface area (Å²) in [4.78, 5) is 16.4. The first-order valence-electron chi connectivity index (χ1n) is 6.79. The molecule has 0 aromatic carbocycles. The molecule has 0 saturated heterocycles. The smallest absolute Gasteiger partial charge is 0.141 e. The molecule has 1 aromatic rings. The van der Waals surface area contributed by atoms with Gasteiger partial charge in [0, 0.05) is 24.2 Å². The third-order valence-corrected chi connectivity index (χ3v) is 3.64. The highest BCUT2D eigenvalue weighted by Gasteiger charge is 2.19. The number of pyridine rings is 1. The summed E-state index contributed by atoms with van der Waals surface area (Å²) in [7, 11) is 0. The number of hydrogen-bond acceptors (Lipinski definition) is 2. The Kier molecular flexibility index (Phi) is 4.72. The third kappa shape index (κ3) is 3.95. The quantitative estimate of drug-likeness (QED) is 0.796. The molecule has 2 rings (SSSR count). The van der Waals surface area contributed by atoms with Crippen LogP contribution in [0.5, 0.6) is 0 Å². The van der Waals surface area contributed by atoms with Crippen molar-refractivity contribution in [3.63, 3.8) is 0 Å². The van der Waals surface area contributed by atoms with Crippen LogP contribution in [0.1, 0.15) is 50.6 Å². The fourth-order valence-electron chi connectivity index (χ4n) is 2.60. The Hall–Kier alpha value is -1.18. The van der Waals surface area contributed by atoms with E-state index in [1.807, 2.05) is 18.2 Å². The van der Waals surface area contributed by atoms with E-state index in [-0.39, 0.29) is 5.92 Å². The highest BCUT2D eigenvalue weighted by Crippen LogP contribution is 2.23. The van der Waals surface area contributed by atoms with Gasteiger partial charge >= 0.3 is 0 Å². The summed E-state index contributed by atoms with van der Waals surface area (Å²) in [5.74, 6) is 0.683. The zero-order valence-corrected chi connectivity index (χ0v) is 10.4. The van der Waals surface area contributed by atoms with Crippen molar-refractivity contribution in [1.29, 1.82) is 0 Å². The molecule has 2 heteroatoms. The highest BCUT2D eigenvalue weighted by molar-refractivity contribution is 5.82. The van der Waals surface area contributed by atoms with E-state index in [4.69, 9.17) is 0 Å². The molecule has 1 heterocycles. The molecule has 0 bridgehead atoms. The summed E-state index contributed by atoms with van der Waals surface area (Å²) in [6.45, 7) is 0. The maximum absolute atomic E-state index is 12.2. The molecule has 0 atom stereocenters. The van der Waals surface area contributed by atoms with E-state index in [2.05, 4.69) is 4.98 Å². The van der Waals surface area contributed by atoms with Crippen LogP contribution < -0.4 is 0 Å². The van der Waals surface area contributed by atoms with Crippen molar-refractivity contribution in [1.82, 2.24) is 4.98 Å². The Morgan fingerprint density at radius 2 is 1.82 bits per heavy atom. The Balaban J connectivity index is 1.89. The first kappa shape index (κ1) is 12.3. The van der Waals surface area contributed by atoms with Gasteiger partial charge < -0.3 is 0 Å². The molecular formula is C15H21NO. The van der Waals surface area contributed by atoms with Gasteiger partial charge in [-0.15, -0.1) is 0 Å². The number of rotatable bonds is 3. The van der Waals surface area contributed by atoms with Crippen LogP contribution in [0.15, 0.2) is 24.4 Å². The van der Waals surface area contributed by atoms with E-state index in [0.29, 0.717) is 12.2 Å². The summed E-state index contributed by atoms with van der Waals surface area (Å²) in [5, 5.41) is 0. The fourth-order valence-corrected chi connectivity index (χ4v) is 2.60. The van der Waals surface area contributed by atoms with Crippen LogP contribution in [0.4, 0.5) is 0 Å². The minimum atomic E-state index is 0.289. The predicted octanol–water partition coefficient (Wildman–Crippen LogP) is 3.55. The van der Waals surface area contributed by atoms with Crippen molar-refractivity contribution in [2.24, 2.45) is 5.92 Å². The molecule has 0 amide bonds. The molecule has 17 heavy (non-hydrogen) atoms. The van der Waals surface area contributed by atoms with Gasteiger partial charge in [0.1, 0.15) is 5.78 Å². The SMILES string of the molecule is O=C(Cc1ccccn1)C1CCCCCCC1. The zero-order valence-electron chi connectivity index (χ0n) is 10.4. The number of carbonyl (C=O) groups is 1. The molecule has 1 aliphatic carbocycles. The van der Waals surface area contributed by atoms with Gasteiger partial charge in [-0.25, -0.2) is 0 Å². The number of Topliss-reactive ketones (excluding diaryl/α,β-unsaturated/α-hetero) is 1. The van der Waals surface area contributed by atoms with Crippen LogP contribution in [0.25, 0.3) is 0 Å². The normalized spacial score (nSPS) is 18.4. The van der Waals surface area contributed by atoms with Crippen molar-refractivity contribution in [2.45, 2.75) is 51.4 Å². The second kappa shape index (κ2) is 6.53. The topological polar surface area (TPSA) is 30.0 Å². The third-order valence-electron chi connectivity index (χ3n) is 3.64. The minimum absolute atomic E-state index is 0.289. The molecule has 0 radical (unpaired) electrons. The van der Waals surface area contributed by atoms with Gasteiger partial charge in [-0.1, -0.05) is 38.2 Å². The van der Waals surface area contributed by atoms with E-state index in [1.54, 1.807) is 6.20 Å². The number of ketones is 1. The Labute approximate surface area is 103 Å². The molecule has 92 valence electrons. The summed E-state index contributed by atoms with van der Waals surface area (Å²) >= 11 is 0. The lowest BCUT2D eigenvalue weighted by molar-refractivity contribution is -0.122. The second-order valence-corrected chi connectivity index (χ2v) is 5.01.